The van der Waals surface area contributed by atoms with Crippen LogP contribution in [-0.2, 0) is 9.84 Å². The van der Waals surface area contributed by atoms with Crippen LogP contribution in [-0.4, -0.2) is 47.1 Å². The zero-order chi connectivity index (χ0) is 19.6. The third-order valence-electron chi connectivity index (χ3n) is 5.72. The number of rotatable bonds is 4. The Morgan fingerprint density at radius 2 is 2.04 bits per heavy atom. The zero-order valence-corrected chi connectivity index (χ0v) is 17.9. The first kappa shape index (κ1) is 20.3. The largest absolute Gasteiger partial charge is 0.358 e. The molecule has 0 amide bonds. The van der Waals surface area contributed by atoms with E-state index in [-0.39, 0.29) is 17.5 Å². The van der Waals surface area contributed by atoms with Gasteiger partial charge in [-0.2, -0.15) is 10.2 Å². The van der Waals surface area contributed by atoms with E-state index in [0.717, 1.165) is 23.4 Å². The molecule has 2 aliphatic rings. The van der Waals surface area contributed by atoms with Crippen LogP contribution in [0, 0.1) is 19.8 Å². The molecular formula is C18H29N5O2S2. The fraction of sp³-hybridized carbons (Fsp3) is 0.722. The Balaban J connectivity index is 1.61. The first-order valence-electron chi connectivity index (χ1n) is 9.62. The van der Waals surface area contributed by atoms with Gasteiger partial charge in [0.1, 0.15) is 0 Å². The summed E-state index contributed by atoms with van der Waals surface area (Å²) in [7, 11) is -2.94. The van der Waals surface area contributed by atoms with Crippen LogP contribution in [0.3, 0.4) is 0 Å². The molecule has 150 valence electrons. The first-order chi connectivity index (χ1) is 12.8. The van der Waals surface area contributed by atoms with Crippen LogP contribution in [0.2, 0.25) is 0 Å². The highest BCUT2D eigenvalue weighted by Crippen LogP contribution is 2.26. The van der Waals surface area contributed by atoms with Crippen LogP contribution in [0.15, 0.2) is 5.10 Å². The molecular weight excluding hydrogens is 382 g/mol. The highest BCUT2D eigenvalue weighted by molar-refractivity contribution is 7.91. The molecule has 3 atom stereocenters. The maximum atomic E-state index is 11.8. The van der Waals surface area contributed by atoms with Gasteiger partial charge in [-0.25, -0.2) is 8.42 Å². The molecule has 7 nitrogen and oxygen atoms in total. The topological polar surface area (TPSA) is 88.4 Å². The van der Waals surface area contributed by atoms with Crippen LogP contribution < -0.4 is 10.7 Å². The van der Waals surface area contributed by atoms with Gasteiger partial charge in [-0.3, -0.25) is 10.1 Å². The lowest BCUT2D eigenvalue weighted by atomic mass is 9.86. The van der Waals surface area contributed by atoms with Gasteiger partial charge in [0.15, 0.2) is 14.9 Å². The van der Waals surface area contributed by atoms with E-state index < -0.39 is 9.84 Å². The second-order valence-electron chi connectivity index (χ2n) is 7.80. The van der Waals surface area contributed by atoms with Crippen LogP contribution in [0.1, 0.15) is 62.0 Å². The van der Waals surface area contributed by atoms with Crippen molar-refractivity contribution in [1.82, 2.24) is 20.5 Å². The number of aryl methyl sites for hydroxylation is 1. The van der Waals surface area contributed by atoms with E-state index in [1.54, 1.807) is 6.21 Å². The van der Waals surface area contributed by atoms with Crippen molar-refractivity contribution in [3.05, 3.63) is 17.0 Å². The molecule has 1 aromatic rings. The highest BCUT2D eigenvalue weighted by Gasteiger charge is 2.31. The number of sulfone groups is 1. The van der Waals surface area contributed by atoms with E-state index in [4.69, 9.17) is 12.2 Å². The van der Waals surface area contributed by atoms with E-state index in [1.807, 2.05) is 18.5 Å². The summed E-state index contributed by atoms with van der Waals surface area (Å²) in [6.07, 6.45) is 7.24. The molecule has 2 heterocycles. The highest BCUT2D eigenvalue weighted by atomic mass is 32.2. The van der Waals surface area contributed by atoms with Gasteiger partial charge in [-0.05, 0) is 51.2 Å². The van der Waals surface area contributed by atoms with Crippen molar-refractivity contribution in [3.63, 3.8) is 0 Å². The predicted molar refractivity (Wildman–Crippen MR) is 112 cm³/mol. The van der Waals surface area contributed by atoms with Crippen LogP contribution in [0.5, 0.6) is 0 Å². The summed E-state index contributed by atoms with van der Waals surface area (Å²) in [5, 5.41) is 12.7. The number of hydrogen-bond donors (Lipinski definition) is 2. The molecule has 27 heavy (non-hydrogen) atoms. The fourth-order valence-electron chi connectivity index (χ4n) is 4.07. The second-order valence-corrected chi connectivity index (χ2v) is 10.4. The SMILES string of the molecule is Cc1nn([C@H]2CCS(=O)(=O)C2)c(C)c1/C=N\NC(=S)N[C@@H]1CCCC[C@@H]1C. The molecule has 2 fully saturated rings. The lowest BCUT2D eigenvalue weighted by Gasteiger charge is -2.30. The Morgan fingerprint density at radius 1 is 1.30 bits per heavy atom. The van der Waals surface area contributed by atoms with E-state index in [0.29, 0.717) is 23.5 Å². The zero-order valence-electron chi connectivity index (χ0n) is 16.2. The van der Waals surface area contributed by atoms with Crippen molar-refractivity contribution >= 4 is 33.4 Å². The van der Waals surface area contributed by atoms with E-state index >= 15 is 0 Å². The lowest BCUT2D eigenvalue weighted by Crippen LogP contribution is -2.44. The van der Waals surface area contributed by atoms with E-state index in [2.05, 4.69) is 27.9 Å². The number of nitrogens with one attached hydrogen (secondary N) is 2. The third kappa shape index (κ3) is 4.87. The second kappa shape index (κ2) is 8.26. The summed E-state index contributed by atoms with van der Waals surface area (Å²) in [4.78, 5) is 0. The Labute approximate surface area is 166 Å². The molecule has 2 N–H and O–H groups in total. The average Bonchev–Trinajstić information content (AvgIpc) is 3.10. The van der Waals surface area contributed by atoms with Gasteiger partial charge in [0.05, 0.1) is 29.5 Å². The Morgan fingerprint density at radius 3 is 2.70 bits per heavy atom. The van der Waals surface area contributed by atoms with Gasteiger partial charge in [0.25, 0.3) is 0 Å². The lowest BCUT2D eigenvalue weighted by molar-refractivity contribution is 0.308. The van der Waals surface area contributed by atoms with Gasteiger partial charge in [-0.1, -0.05) is 19.8 Å². The van der Waals surface area contributed by atoms with Crippen molar-refractivity contribution in [2.45, 2.75) is 65.0 Å². The van der Waals surface area contributed by atoms with Crippen LogP contribution >= 0.6 is 12.2 Å². The maximum absolute atomic E-state index is 11.8. The molecule has 1 aliphatic heterocycles. The van der Waals surface area contributed by atoms with Gasteiger partial charge in [0.2, 0.25) is 0 Å². The molecule has 0 radical (unpaired) electrons. The molecule has 0 spiro atoms. The minimum absolute atomic E-state index is 0.0839. The monoisotopic (exact) mass is 411 g/mol. The normalized spacial score (nSPS) is 27.7. The summed E-state index contributed by atoms with van der Waals surface area (Å²) in [6.45, 7) is 6.12. The Bertz CT molecular complexity index is 831. The number of thiocarbonyl (C=S) groups is 1. The Kier molecular flexibility index (Phi) is 6.20. The minimum Gasteiger partial charge on any atom is -0.358 e. The number of hydrazone groups is 1. The number of nitrogens with zero attached hydrogens (tertiary/aromatic N) is 3. The van der Waals surface area contributed by atoms with Crippen molar-refractivity contribution in [2.75, 3.05) is 11.5 Å². The summed E-state index contributed by atoms with van der Waals surface area (Å²) in [6, 6.07) is 0.323. The summed E-state index contributed by atoms with van der Waals surface area (Å²) in [5.41, 5.74) is 5.57. The molecule has 1 aromatic heterocycles. The molecule has 0 aromatic carbocycles. The summed E-state index contributed by atoms with van der Waals surface area (Å²) < 4.78 is 25.3. The summed E-state index contributed by atoms with van der Waals surface area (Å²) in [5.74, 6) is 1.02. The van der Waals surface area contributed by atoms with Crippen LogP contribution in [0.4, 0.5) is 0 Å². The van der Waals surface area contributed by atoms with Crippen LogP contribution in [0.25, 0.3) is 0 Å². The molecule has 0 unspecified atom stereocenters. The van der Waals surface area contributed by atoms with Gasteiger partial charge < -0.3 is 5.32 Å². The number of aromatic nitrogens is 2. The maximum Gasteiger partial charge on any atom is 0.187 e. The predicted octanol–water partition coefficient (Wildman–Crippen LogP) is 2.24. The molecule has 1 saturated carbocycles. The Hall–Kier alpha value is -1.48. The van der Waals surface area contributed by atoms with Gasteiger partial charge >= 0.3 is 0 Å². The van der Waals surface area contributed by atoms with Crippen molar-refractivity contribution < 1.29 is 8.42 Å². The third-order valence-corrected chi connectivity index (χ3v) is 7.68. The van der Waals surface area contributed by atoms with E-state index in [9.17, 15) is 8.42 Å². The number of hydrogen-bond acceptors (Lipinski definition) is 5. The molecule has 3 rings (SSSR count). The van der Waals surface area contributed by atoms with Crippen molar-refractivity contribution in [3.8, 4) is 0 Å². The molecule has 0 bridgehead atoms. The average molecular weight is 412 g/mol. The molecule has 1 saturated heterocycles. The van der Waals surface area contributed by atoms with Crippen molar-refractivity contribution in [1.29, 1.82) is 0 Å². The molecule has 1 aliphatic carbocycles. The fourth-order valence-corrected chi connectivity index (χ4v) is 5.97. The van der Waals surface area contributed by atoms with Gasteiger partial charge in [-0.15, -0.1) is 0 Å². The quantitative estimate of drug-likeness (QED) is 0.449. The van der Waals surface area contributed by atoms with E-state index in [1.165, 1.54) is 19.3 Å². The van der Waals surface area contributed by atoms with Crippen molar-refractivity contribution in [2.24, 2.45) is 11.0 Å². The van der Waals surface area contributed by atoms with Gasteiger partial charge in [0, 0.05) is 17.3 Å². The summed E-state index contributed by atoms with van der Waals surface area (Å²) >= 11 is 5.36. The first-order valence-corrected chi connectivity index (χ1v) is 11.9. The standard InChI is InChI=1S/C18H29N5O2S2/c1-12-6-4-5-7-17(12)20-18(26)21-19-10-16-13(2)22-23(14(16)3)15-8-9-27(24,25)11-15/h10,12,15,17H,4-9,11H2,1-3H3,(H2,20,21,26)/b19-10-/t12-,15-,17+/m0/s1. The molecule has 9 heteroatoms. The minimum atomic E-state index is -2.94. The smallest absolute Gasteiger partial charge is 0.187 e.